The monoisotopic (exact) mass is 234 g/mol. The maximum Gasteiger partial charge on any atom is 0.307 e. The molecule has 17 heavy (non-hydrogen) atoms. The molecule has 1 aromatic carbocycles. The van der Waals surface area contributed by atoms with E-state index < -0.39 is 5.97 Å². The lowest BCUT2D eigenvalue weighted by Gasteiger charge is -2.08. The zero-order valence-electron chi connectivity index (χ0n) is 9.39. The number of carbonyl (C=O) groups is 1. The Morgan fingerprint density at radius 2 is 2.00 bits per heavy atom. The minimum Gasteiger partial charge on any atom is -0.490 e. The molecule has 0 amide bonds. The Bertz CT molecular complexity index is 455. The average molecular weight is 234 g/mol. The van der Waals surface area contributed by atoms with Gasteiger partial charge in [-0.05, 0) is 30.0 Å². The van der Waals surface area contributed by atoms with E-state index in [0.717, 1.165) is 29.9 Å². The third-order valence-electron chi connectivity index (χ3n) is 3.31. The van der Waals surface area contributed by atoms with Crippen LogP contribution in [0, 0.1) is 5.92 Å². The van der Waals surface area contributed by atoms with Crippen LogP contribution in [0.4, 0.5) is 0 Å². The van der Waals surface area contributed by atoms with Crippen LogP contribution in [0.3, 0.4) is 0 Å². The fraction of sp³-hybridized carbons (Fsp3) is 0.462. The SMILES string of the molecule is O=C(O)C1CC1c1ccc2c(c1)OCCCO2. The highest BCUT2D eigenvalue weighted by Crippen LogP contribution is 2.49. The van der Waals surface area contributed by atoms with Crippen molar-refractivity contribution in [3.63, 3.8) is 0 Å². The molecule has 4 heteroatoms. The molecule has 1 heterocycles. The third-order valence-corrected chi connectivity index (χ3v) is 3.31. The first-order chi connectivity index (χ1) is 8.25. The van der Waals surface area contributed by atoms with Crippen molar-refractivity contribution in [2.45, 2.75) is 18.8 Å². The van der Waals surface area contributed by atoms with Gasteiger partial charge in [0, 0.05) is 6.42 Å². The molecule has 2 unspecified atom stereocenters. The topological polar surface area (TPSA) is 55.8 Å². The van der Waals surface area contributed by atoms with Crippen molar-refractivity contribution in [1.82, 2.24) is 0 Å². The first kappa shape index (κ1) is 10.4. The van der Waals surface area contributed by atoms with Crippen LogP contribution in [0.1, 0.15) is 24.3 Å². The molecule has 4 nitrogen and oxygen atoms in total. The largest absolute Gasteiger partial charge is 0.490 e. The molecule has 1 fully saturated rings. The molecule has 1 aliphatic carbocycles. The summed E-state index contributed by atoms with van der Waals surface area (Å²) in [6, 6.07) is 5.75. The minimum atomic E-state index is -0.706. The lowest BCUT2D eigenvalue weighted by molar-refractivity contribution is -0.138. The molecule has 0 spiro atoms. The summed E-state index contributed by atoms with van der Waals surface area (Å²) in [7, 11) is 0. The standard InChI is InChI=1S/C13H14O4/c14-13(15)10-7-9(10)8-2-3-11-12(6-8)17-5-1-4-16-11/h2-3,6,9-10H,1,4-5,7H2,(H,14,15). The van der Waals surface area contributed by atoms with E-state index in [0.29, 0.717) is 13.2 Å². The highest BCUT2D eigenvalue weighted by molar-refractivity contribution is 5.75. The van der Waals surface area contributed by atoms with Gasteiger partial charge in [0.2, 0.25) is 0 Å². The fourth-order valence-electron chi connectivity index (χ4n) is 2.25. The molecule has 2 aliphatic rings. The number of benzene rings is 1. The molecule has 3 rings (SSSR count). The smallest absolute Gasteiger partial charge is 0.307 e. The number of aliphatic carboxylic acids is 1. The number of rotatable bonds is 2. The van der Waals surface area contributed by atoms with E-state index in [2.05, 4.69) is 0 Å². The number of hydrogen-bond acceptors (Lipinski definition) is 3. The zero-order chi connectivity index (χ0) is 11.8. The fourth-order valence-corrected chi connectivity index (χ4v) is 2.25. The molecule has 2 atom stereocenters. The third kappa shape index (κ3) is 1.95. The predicted octanol–water partition coefficient (Wildman–Crippen LogP) is 2.04. The van der Waals surface area contributed by atoms with Crippen molar-refractivity contribution in [2.24, 2.45) is 5.92 Å². The molecular weight excluding hydrogens is 220 g/mol. The molecule has 0 saturated heterocycles. The summed E-state index contributed by atoms with van der Waals surface area (Å²) in [5, 5.41) is 8.91. The lowest BCUT2D eigenvalue weighted by atomic mass is 10.1. The molecule has 1 aliphatic heterocycles. The van der Waals surface area contributed by atoms with Crippen LogP contribution in [0.25, 0.3) is 0 Å². The van der Waals surface area contributed by atoms with Gasteiger partial charge in [0.25, 0.3) is 0 Å². The van der Waals surface area contributed by atoms with Crippen molar-refractivity contribution in [1.29, 1.82) is 0 Å². The van der Waals surface area contributed by atoms with Crippen molar-refractivity contribution in [3.05, 3.63) is 23.8 Å². The van der Waals surface area contributed by atoms with Crippen molar-refractivity contribution in [3.8, 4) is 11.5 Å². The summed E-state index contributed by atoms with van der Waals surface area (Å²) < 4.78 is 11.1. The molecule has 1 aromatic rings. The number of ether oxygens (including phenoxy) is 2. The summed E-state index contributed by atoms with van der Waals surface area (Å²) >= 11 is 0. The Balaban J connectivity index is 1.84. The normalized spacial score (nSPS) is 26.1. The highest BCUT2D eigenvalue weighted by atomic mass is 16.5. The van der Waals surface area contributed by atoms with Crippen LogP contribution in [0.5, 0.6) is 11.5 Å². The molecule has 0 aromatic heterocycles. The molecule has 0 bridgehead atoms. The Labute approximate surface area is 99.2 Å². The van der Waals surface area contributed by atoms with Crippen LogP contribution in [0.2, 0.25) is 0 Å². The number of fused-ring (bicyclic) bond motifs is 1. The number of carboxylic acid groups (broad SMARTS) is 1. The summed E-state index contributed by atoms with van der Waals surface area (Å²) in [6.07, 6.45) is 1.61. The van der Waals surface area contributed by atoms with Crippen LogP contribution >= 0.6 is 0 Å². The average Bonchev–Trinajstić information content (AvgIpc) is 3.12. The van der Waals surface area contributed by atoms with E-state index in [4.69, 9.17) is 14.6 Å². The van der Waals surface area contributed by atoms with Crippen LogP contribution in [-0.4, -0.2) is 24.3 Å². The second kappa shape index (κ2) is 3.95. The second-order valence-electron chi connectivity index (χ2n) is 4.54. The van der Waals surface area contributed by atoms with Gasteiger partial charge in [-0.25, -0.2) is 0 Å². The summed E-state index contributed by atoms with van der Waals surface area (Å²) in [5.41, 5.74) is 1.04. The molecule has 0 radical (unpaired) electrons. The van der Waals surface area contributed by atoms with Gasteiger partial charge in [0.05, 0.1) is 19.1 Å². The van der Waals surface area contributed by atoms with E-state index in [1.54, 1.807) is 0 Å². The first-order valence-corrected chi connectivity index (χ1v) is 5.88. The summed E-state index contributed by atoms with van der Waals surface area (Å²) in [5.74, 6) is 0.723. The summed E-state index contributed by atoms with van der Waals surface area (Å²) in [4.78, 5) is 10.8. The minimum absolute atomic E-state index is 0.143. The predicted molar refractivity (Wildman–Crippen MR) is 60.5 cm³/mol. The quantitative estimate of drug-likeness (QED) is 0.850. The summed E-state index contributed by atoms with van der Waals surface area (Å²) in [6.45, 7) is 1.33. The van der Waals surface area contributed by atoms with E-state index >= 15 is 0 Å². The molecular formula is C13H14O4. The van der Waals surface area contributed by atoms with Gasteiger partial charge in [-0.15, -0.1) is 0 Å². The van der Waals surface area contributed by atoms with E-state index in [9.17, 15) is 4.79 Å². The number of carboxylic acids is 1. The molecule has 90 valence electrons. The first-order valence-electron chi connectivity index (χ1n) is 5.88. The lowest BCUT2D eigenvalue weighted by Crippen LogP contribution is -1.99. The van der Waals surface area contributed by atoms with E-state index in [-0.39, 0.29) is 11.8 Å². The van der Waals surface area contributed by atoms with Gasteiger partial charge in [0.1, 0.15) is 0 Å². The Kier molecular flexibility index (Phi) is 2.42. The Hall–Kier alpha value is -1.71. The zero-order valence-corrected chi connectivity index (χ0v) is 9.39. The van der Waals surface area contributed by atoms with E-state index in [1.807, 2.05) is 18.2 Å². The second-order valence-corrected chi connectivity index (χ2v) is 4.54. The van der Waals surface area contributed by atoms with Crippen molar-refractivity contribution in [2.75, 3.05) is 13.2 Å². The van der Waals surface area contributed by atoms with Crippen molar-refractivity contribution >= 4 is 5.97 Å². The van der Waals surface area contributed by atoms with Gasteiger partial charge >= 0.3 is 5.97 Å². The maximum atomic E-state index is 10.8. The molecule has 1 N–H and O–H groups in total. The van der Waals surface area contributed by atoms with Crippen LogP contribution in [-0.2, 0) is 4.79 Å². The van der Waals surface area contributed by atoms with E-state index in [1.165, 1.54) is 0 Å². The highest BCUT2D eigenvalue weighted by Gasteiger charge is 2.44. The Morgan fingerprint density at radius 3 is 2.71 bits per heavy atom. The maximum absolute atomic E-state index is 10.8. The van der Waals surface area contributed by atoms with Gasteiger partial charge in [-0.2, -0.15) is 0 Å². The van der Waals surface area contributed by atoms with Gasteiger partial charge in [0.15, 0.2) is 11.5 Å². The van der Waals surface area contributed by atoms with Gasteiger partial charge in [-0.3, -0.25) is 4.79 Å². The Morgan fingerprint density at radius 1 is 1.24 bits per heavy atom. The van der Waals surface area contributed by atoms with Crippen LogP contribution < -0.4 is 9.47 Å². The van der Waals surface area contributed by atoms with Gasteiger partial charge < -0.3 is 14.6 Å². The molecule has 1 saturated carbocycles. The van der Waals surface area contributed by atoms with Gasteiger partial charge in [-0.1, -0.05) is 6.07 Å². The number of hydrogen-bond donors (Lipinski definition) is 1. The van der Waals surface area contributed by atoms with Crippen molar-refractivity contribution < 1.29 is 19.4 Å². The van der Waals surface area contributed by atoms with Crippen LogP contribution in [0.15, 0.2) is 18.2 Å².